The van der Waals surface area contributed by atoms with Gasteiger partial charge in [-0.05, 0) is 57.4 Å². The molecule has 1 atom stereocenters. The van der Waals surface area contributed by atoms with E-state index in [-0.39, 0.29) is 46.1 Å². The van der Waals surface area contributed by atoms with Gasteiger partial charge in [-0.25, -0.2) is 23.2 Å². The lowest BCUT2D eigenvalue weighted by Gasteiger charge is -2.33. The number of hydrogen-bond donors (Lipinski definition) is 2. The first-order valence-corrected chi connectivity index (χ1v) is 16.6. The Balaban J connectivity index is 1.41. The minimum absolute atomic E-state index is 0.0880. The third-order valence-electron chi connectivity index (χ3n) is 8.15. The largest absolute Gasteiger partial charge is 0.445 e. The molecule has 1 fully saturated rings. The lowest BCUT2D eigenvalue weighted by atomic mass is 10.0. The molecule has 11 nitrogen and oxygen atoms in total. The first-order valence-electron chi connectivity index (χ1n) is 15.1. The van der Waals surface area contributed by atoms with Gasteiger partial charge >= 0.3 is 6.09 Å². The zero-order chi connectivity index (χ0) is 31.7. The average molecular weight is 629 g/mol. The van der Waals surface area contributed by atoms with E-state index in [1.807, 2.05) is 54.8 Å². The van der Waals surface area contributed by atoms with Crippen molar-refractivity contribution >= 4 is 43.9 Å². The van der Waals surface area contributed by atoms with E-state index in [0.29, 0.717) is 48.3 Å². The van der Waals surface area contributed by atoms with E-state index in [2.05, 4.69) is 15.3 Å². The quantitative estimate of drug-likeness (QED) is 0.236. The number of amides is 2. The third kappa shape index (κ3) is 5.89. The van der Waals surface area contributed by atoms with E-state index in [1.165, 1.54) is 12.1 Å². The van der Waals surface area contributed by atoms with E-state index in [0.717, 1.165) is 5.56 Å². The first-order chi connectivity index (χ1) is 21.6. The molecule has 0 spiro atoms. The summed E-state index contributed by atoms with van der Waals surface area (Å²) in [6, 6.07) is 19.3. The van der Waals surface area contributed by atoms with Gasteiger partial charge in [-0.3, -0.25) is 4.79 Å². The summed E-state index contributed by atoms with van der Waals surface area (Å²) in [5.74, 6) is -0.447. The van der Waals surface area contributed by atoms with Gasteiger partial charge in [0, 0.05) is 36.8 Å². The third-order valence-corrected chi connectivity index (χ3v) is 9.83. The summed E-state index contributed by atoms with van der Waals surface area (Å²) in [4.78, 5) is 40.6. The fourth-order valence-corrected chi connectivity index (χ4v) is 7.22. The number of pyridine rings is 1. The number of imidazole rings is 1. The molecular formula is C33H36N6O5S. The number of aromatic amines is 1. The van der Waals surface area contributed by atoms with Crippen LogP contribution in [0.25, 0.3) is 22.1 Å². The van der Waals surface area contributed by atoms with Crippen molar-refractivity contribution in [3.63, 3.8) is 0 Å². The van der Waals surface area contributed by atoms with E-state index in [9.17, 15) is 18.0 Å². The van der Waals surface area contributed by atoms with Crippen molar-refractivity contribution in [1.29, 1.82) is 0 Å². The highest BCUT2D eigenvalue weighted by Crippen LogP contribution is 2.38. The predicted molar refractivity (Wildman–Crippen MR) is 169 cm³/mol. The highest BCUT2D eigenvalue weighted by Gasteiger charge is 2.35. The molecule has 4 heterocycles. The fourth-order valence-electron chi connectivity index (χ4n) is 5.87. The number of piperidine rings is 1. The normalized spacial score (nSPS) is 15.1. The number of hydrogen-bond acceptors (Lipinski definition) is 7. The molecule has 0 bridgehead atoms. The van der Waals surface area contributed by atoms with Crippen molar-refractivity contribution < 1.29 is 22.7 Å². The second kappa shape index (κ2) is 12.4. The number of likely N-dealkylation sites (tertiary alicyclic amines) is 1. The van der Waals surface area contributed by atoms with Crippen LogP contribution in [-0.4, -0.2) is 64.0 Å². The lowest BCUT2D eigenvalue weighted by molar-refractivity contribution is -0.122. The van der Waals surface area contributed by atoms with E-state index < -0.39 is 15.8 Å². The molecule has 2 N–H and O–H groups in total. The van der Waals surface area contributed by atoms with Gasteiger partial charge in [0.2, 0.25) is 15.7 Å². The molecule has 0 saturated carbocycles. The minimum Gasteiger partial charge on any atom is -0.445 e. The van der Waals surface area contributed by atoms with Crippen LogP contribution >= 0.6 is 0 Å². The molecule has 2 aromatic carbocycles. The average Bonchev–Trinajstić information content (AvgIpc) is 3.68. The van der Waals surface area contributed by atoms with Gasteiger partial charge in [-0.2, -0.15) is 0 Å². The Labute approximate surface area is 261 Å². The molecule has 234 valence electrons. The molecule has 45 heavy (non-hydrogen) atoms. The van der Waals surface area contributed by atoms with E-state index in [4.69, 9.17) is 9.72 Å². The molecule has 1 unspecified atom stereocenters. The van der Waals surface area contributed by atoms with Crippen molar-refractivity contribution in [3.8, 4) is 0 Å². The molecule has 3 aromatic heterocycles. The van der Waals surface area contributed by atoms with E-state index in [1.54, 1.807) is 36.2 Å². The Bertz CT molecular complexity index is 1950. The number of H-pyrrole nitrogens is 1. The summed E-state index contributed by atoms with van der Waals surface area (Å²) < 4.78 is 35.5. The molecule has 12 heteroatoms. The van der Waals surface area contributed by atoms with Crippen molar-refractivity contribution in [3.05, 3.63) is 84.3 Å². The summed E-state index contributed by atoms with van der Waals surface area (Å²) in [6.45, 7) is 6.60. The molecule has 6 rings (SSSR count). The number of carbonyl (C=O) groups excluding carboxylic acids is 2. The van der Waals surface area contributed by atoms with Crippen molar-refractivity contribution in [2.75, 3.05) is 13.1 Å². The second-order valence-corrected chi connectivity index (χ2v) is 13.5. The summed E-state index contributed by atoms with van der Waals surface area (Å²) >= 11 is 0. The molecule has 0 radical (unpaired) electrons. The van der Waals surface area contributed by atoms with Gasteiger partial charge in [-0.15, -0.1) is 0 Å². The highest BCUT2D eigenvalue weighted by atomic mass is 32.2. The van der Waals surface area contributed by atoms with Crippen LogP contribution in [0.15, 0.2) is 82.8 Å². The number of fused-ring (bicyclic) bond motifs is 3. The van der Waals surface area contributed by atoms with Gasteiger partial charge in [0.25, 0.3) is 0 Å². The topological polar surface area (TPSA) is 139 Å². The maximum Gasteiger partial charge on any atom is 0.410 e. The van der Waals surface area contributed by atoms with Gasteiger partial charge in [0.1, 0.15) is 23.6 Å². The monoisotopic (exact) mass is 628 g/mol. The van der Waals surface area contributed by atoms with Gasteiger partial charge in [0.05, 0.1) is 16.3 Å². The number of aromatic nitrogens is 4. The Morgan fingerprint density at radius 3 is 2.31 bits per heavy atom. The van der Waals surface area contributed by atoms with Crippen LogP contribution in [-0.2, 0) is 26.0 Å². The van der Waals surface area contributed by atoms with Gasteiger partial charge < -0.3 is 24.5 Å². The Kier molecular flexibility index (Phi) is 8.32. The smallest absolute Gasteiger partial charge is 0.410 e. The SMILES string of the molecule is CC(C)NC(=O)C(C)c1nc2c(S(=O)(=O)c3ccccc3)nc3[nH]ccc3c2n1C1CCN(C(=O)OCc2ccccc2)CC1. The van der Waals surface area contributed by atoms with Crippen molar-refractivity contribution in [1.82, 2.24) is 29.7 Å². The second-order valence-electron chi connectivity index (χ2n) is 11.7. The molecule has 2 amide bonds. The maximum absolute atomic E-state index is 14.0. The minimum atomic E-state index is -4.06. The Morgan fingerprint density at radius 1 is 0.978 bits per heavy atom. The Morgan fingerprint density at radius 2 is 1.64 bits per heavy atom. The van der Waals surface area contributed by atoms with E-state index >= 15 is 0 Å². The number of nitrogens with zero attached hydrogens (tertiary/aromatic N) is 4. The van der Waals surface area contributed by atoms with Crippen LogP contribution in [0.4, 0.5) is 4.79 Å². The molecule has 1 saturated heterocycles. The van der Waals surface area contributed by atoms with Gasteiger partial charge in [-0.1, -0.05) is 48.5 Å². The van der Waals surface area contributed by atoms with Crippen LogP contribution in [0.1, 0.15) is 57.0 Å². The number of ether oxygens (including phenoxy) is 1. The molecule has 1 aliphatic rings. The maximum atomic E-state index is 14.0. The lowest BCUT2D eigenvalue weighted by Crippen LogP contribution is -2.40. The highest BCUT2D eigenvalue weighted by molar-refractivity contribution is 7.91. The Hall–Kier alpha value is -4.71. The first kappa shape index (κ1) is 30.3. The van der Waals surface area contributed by atoms with Crippen LogP contribution in [0, 0.1) is 0 Å². The van der Waals surface area contributed by atoms with Crippen molar-refractivity contribution in [2.45, 2.75) is 68.1 Å². The van der Waals surface area contributed by atoms with Crippen LogP contribution < -0.4 is 5.32 Å². The zero-order valence-corrected chi connectivity index (χ0v) is 26.3. The molecular weight excluding hydrogens is 592 g/mol. The molecule has 1 aliphatic heterocycles. The summed E-state index contributed by atoms with van der Waals surface area (Å²) in [7, 11) is -4.06. The fraction of sp³-hybridized carbons (Fsp3) is 0.333. The van der Waals surface area contributed by atoms with Crippen LogP contribution in [0.2, 0.25) is 0 Å². The number of sulfone groups is 1. The molecule has 5 aromatic rings. The summed E-state index contributed by atoms with van der Waals surface area (Å²) in [6.07, 6.45) is 2.46. The predicted octanol–water partition coefficient (Wildman–Crippen LogP) is 5.35. The van der Waals surface area contributed by atoms with Crippen LogP contribution in [0.5, 0.6) is 0 Å². The summed E-state index contributed by atoms with van der Waals surface area (Å²) in [5, 5.41) is 3.50. The van der Waals surface area contributed by atoms with Gasteiger partial charge in [0.15, 0.2) is 5.03 Å². The number of benzene rings is 2. The molecule has 0 aliphatic carbocycles. The van der Waals surface area contributed by atoms with Crippen LogP contribution in [0.3, 0.4) is 0 Å². The summed E-state index contributed by atoms with van der Waals surface area (Å²) in [5.41, 5.74) is 2.13. The zero-order valence-electron chi connectivity index (χ0n) is 25.4. The number of carbonyl (C=O) groups is 2. The standard InChI is InChI=1S/C33H36N6O5S/c1-21(2)35-31(40)22(3)30-36-27-28(26-14-17-34-29(26)37-32(27)45(42,43)25-12-8-5-9-13-25)39(30)24-15-18-38(19-16-24)33(41)44-20-23-10-6-4-7-11-23/h4-14,17,21-22,24H,15-16,18-20H2,1-3H3,(H,34,37)(H,35,40). The van der Waals surface area contributed by atoms with Crippen molar-refractivity contribution in [2.24, 2.45) is 0 Å². The number of nitrogens with one attached hydrogen (secondary N) is 2. The number of rotatable bonds is 8.